The molecule has 1 amide bonds. The second-order valence-electron chi connectivity index (χ2n) is 3.94. The van der Waals surface area contributed by atoms with Gasteiger partial charge in [0.15, 0.2) is 5.60 Å². The van der Waals surface area contributed by atoms with Crippen molar-refractivity contribution < 1.29 is 14.3 Å². The molecule has 1 aromatic rings. The molecule has 0 fully saturated rings. The number of nitrogens with one attached hydrogen (secondary N) is 1. The number of hydrogen-bond donors (Lipinski definition) is 1. The zero-order chi connectivity index (χ0) is 11.1. The summed E-state index contributed by atoms with van der Waals surface area (Å²) in [5.74, 6) is 0.378. The third-order valence-corrected chi connectivity index (χ3v) is 2.30. The Morgan fingerprint density at radius 1 is 1.40 bits per heavy atom. The molecule has 2 rings (SSSR count). The molecule has 0 unspecified atom stereocenters. The lowest BCUT2D eigenvalue weighted by Gasteiger charge is -2.31. The second-order valence-corrected chi connectivity index (χ2v) is 3.94. The van der Waals surface area contributed by atoms with Gasteiger partial charge in [-0.15, -0.1) is 0 Å². The summed E-state index contributed by atoms with van der Waals surface area (Å²) in [4.78, 5) is 22.1. The molecule has 0 spiro atoms. The van der Waals surface area contributed by atoms with Crippen LogP contribution in [0, 0.1) is 0 Å². The first-order valence-corrected chi connectivity index (χ1v) is 4.62. The van der Waals surface area contributed by atoms with Gasteiger partial charge >= 0.3 is 0 Å². The summed E-state index contributed by atoms with van der Waals surface area (Å²) in [7, 11) is 0. The quantitative estimate of drug-likeness (QED) is 0.708. The Kier molecular flexibility index (Phi) is 2.00. The smallest absolute Gasteiger partial charge is 0.268 e. The van der Waals surface area contributed by atoms with Gasteiger partial charge in [0.05, 0.1) is 5.69 Å². The average Bonchev–Trinajstić information content (AvgIpc) is 2.19. The summed E-state index contributed by atoms with van der Waals surface area (Å²) >= 11 is 0. The molecule has 1 aromatic carbocycles. The van der Waals surface area contributed by atoms with Crippen LogP contribution in [0.3, 0.4) is 0 Å². The zero-order valence-electron chi connectivity index (χ0n) is 8.53. The van der Waals surface area contributed by atoms with E-state index < -0.39 is 5.60 Å². The number of fused-ring (bicyclic) bond motifs is 1. The molecule has 0 aliphatic carbocycles. The van der Waals surface area contributed by atoms with Crippen molar-refractivity contribution in [2.75, 3.05) is 5.32 Å². The standard InChI is InChI=1S/C11H11NO3/c1-11(2)10(14)12-8-5-7(6-13)3-4-9(8)15-11/h3-6H,1-2H3,(H,12,14). The molecule has 0 atom stereocenters. The first kappa shape index (κ1) is 9.71. The summed E-state index contributed by atoms with van der Waals surface area (Å²) < 4.78 is 5.50. The molecular formula is C11H11NO3. The predicted molar refractivity (Wildman–Crippen MR) is 55.2 cm³/mol. The van der Waals surface area contributed by atoms with E-state index in [0.717, 1.165) is 6.29 Å². The SMILES string of the molecule is CC1(C)Oc2ccc(C=O)cc2NC1=O. The largest absolute Gasteiger partial charge is 0.476 e. The number of rotatable bonds is 1. The summed E-state index contributed by atoms with van der Waals surface area (Å²) in [5, 5.41) is 2.70. The predicted octanol–water partition coefficient (Wildman–Crippen LogP) is 1.61. The van der Waals surface area contributed by atoms with Crippen LogP contribution in [0.15, 0.2) is 18.2 Å². The minimum absolute atomic E-state index is 0.210. The van der Waals surface area contributed by atoms with Crippen molar-refractivity contribution >= 4 is 17.9 Å². The Bertz CT molecular complexity index is 437. The van der Waals surface area contributed by atoms with E-state index in [2.05, 4.69) is 5.32 Å². The lowest BCUT2D eigenvalue weighted by molar-refractivity contribution is -0.129. The van der Waals surface area contributed by atoms with Gasteiger partial charge in [-0.25, -0.2) is 0 Å². The molecule has 0 saturated heterocycles. The second kappa shape index (κ2) is 3.08. The molecule has 1 aliphatic heterocycles. The first-order chi connectivity index (χ1) is 7.03. The van der Waals surface area contributed by atoms with Gasteiger partial charge in [-0.05, 0) is 32.0 Å². The Labute approximate surface area is 87.2 Å². The Hall–Kier alpha value is -1.84. The average molecular weight is 205 g/mol. The lowest BCUT2D eigenvalue weighted by atomic mass is 10.1. The van der Waals surface area contributed by atoms with Gasteiger partial charge in [-0.2, -0.15) is 0 Å². The van der Waals surface area contributed by atoms with Gasteiger partial charge in [-0.3, -0.25) is 9.59 Å². The van der Waals surface area contributed by atoms with Gasteiger partial charge in [0, 0.05) is 5.56 Å². The lowest BCUT2D eigenvalue weighted by Crippen LogP contribution is -2.45. The Morgan fingerprint density at radius 2 is 2.13 bits per heavy atom. The highest BCUT2D eigenvalue weighted by Gasteiger charge is 2.35. The fourth-order valence-electron chi connectivity index (χ4n) is 1.40. The van der Waals surface area contributed by atoms with E-state index in [1.807, 2.05) is 0 Å². The molecule has 0 aromatic heterocycles. The third kappa shape index (κ3) is 1.58. The van der Waals surface area contributed by atoms with E-state index in [1.54, 1.807) is 32.0 Å². The van der Waals surface area contributed by atoms with E-state index in [-0.39, 0.29) is 5.91 Å². The number of benzene rings is 1. The number of ether oxygens (including phenoxy) is 1. The van der Waals surface area contributed by atoms with Gasteiger partial charge in [0.1, 0.15) is 12.0 Å². The number of anilines is 1. The minimum Gasteiger partial charge on any atom is -0.476 e. The number of carbonyl (C=O) groups is 2. The third-order valence-electron chi connectivity index (χ3n) is 2.30. The maximum absolute atomic E-state index is 11.6. The Balaban J connectivity index is 2.45. The highest BCUT2D eigenvalue weighted by atomic mass is 16.5. The van der Waals surface area contributed by atoms with Crippen molar-refractivity contribution in [2.45, 2.75) is 19.4 Å². The van der Waals surface area contributed by atoms with Crippen molar-refractivity contribution in [1.82, 2.24) is 0 Å². The molecule has 4 heteroatoms. The fourth-order valence-corrected chi connectivity index (χ4v) is 1.40. The van der Waals surface area contributed by atoms with Crippen LogP contribution in [0.5, 0.6) is 5.75 Å². The molecule has 0 saturated carbocycles. The van der Waals surface area contributed by atoms with Gasteiger partial charge in [0.25, 0.3) is 5.91 Å². The molecular weight excluding hydrogens is 194 g/mol. The van der Waals surface area contributed by atoms with Crippen LogP contribution in [-0.2, 0) is 4.79 Å². The summed E-state index contributed by atoms with van der Waals surface area (Å²) in [6.45, 7) is 3.39. The molecule has 1 N–H and O–H groups in total. The summed E-state index contributed by atoms with van der Waals surface area (Å²) in [5.41, 5.74) is 0.191. The molecule has 15 heavy (non-hydrogen) atoms. The molecule has 0 bridgehead atoms. The monoisotopic (exact) mass is 205 g/mol. The minimum atomic E-state index is -0.865. The maximum atomic E-state index is 11.6. The summed E-state index contributed by atoms with van der Waals surface area (Å²) in [6, 6.07) is 4.93. The van der Waals surface area contributed by atoms with E-state index >= 15 is 0 Å². The van der Waals surface area contributed by atoms with Crippen molar-refractivity contribution in [3.8, 4) is 5.75 Å². The van der Waals surface area contributed by atoms with E-state index in [9.17, 15) is 9.59 Å². The zero-order valence-corrected chi connectivity index (χ0v) is 8.53. The number of hydrogen-bond acceptors (Lipinski definition) is 3. The van der Waals surface area contributed by atoms with Crippen LogP contribution in [0.4, 0.5) is 5.69 Å². The van der Waals surface area contributed by atoms with Gasteiger partial charge in [0.2, 0.25) is 0 Å². The number of carbonyl (C=O) groups excluding carboxylic acids is 2. The van der Waals surface area contributed by atoms with Crippen molar-refractivity contribution in [3.05, 3.63) is 23.8 Å². The number of amides is 1. The fraction of sp³-hybridized carbons (Fsp3) is 0.273. The molecule has 1 heterocycles. The van der Waals surface area contributed by atoms with Crippen LogP contribution in [0.1, 0.15) is 24.2 Å². The molecule has 4 nitrogen and oxygen atoms in total. The molecule has 1 aliphatic rings. The summed E-state index contributed by atoms with van der Waals surface area (Å²) in [6.07, 6.45) is 0.728. The topological polar surface area (TPSA) is 55.4 Å². The maximum Gasteiger partial charge on any atom is 0.268 e. The van der Waals surface area contributed by atoms with E-state index in [1.165, 1.54) is 0 Å². The first-order valence-electron chi connectivity index (χ1n) is 4.62. The van der Waals surface area contributed by atoms with Crippen LogP contribution in [-0.4, -0.2) is 17.8 Å². The van der Waals surface area contributed by atoms with Crippen LogP contribution in [0.2, 0.25) is 0 Å². The van der Waals surface area contributed by atoms with Crippen LogP contribution < -0.4 is 10.1 Å². The molecule has 0 radical (unpaired) electrons. The highest BCUT2D eigenvalue weighted by molar-refractivity contribution is 6.00. The van der Waals surface area contributed by atoms with E-state index in [0.29, 0.717) is 17.0 Å². The van der Waals surface area contributed by atoms with E-state index in [4.69, 9.17) is 4.74 Å². The van der Waals surface area contributed by atoms with Gasteiger partial charge < -0.3 is 10.1 Å². The van der Waals surface area contributed by atoms with Crippen LogP contribution in [0.25, 0.3) is 0 Å². The highest BCUT2D eigenvalue weighted by Crippen LogP contribution is 2.33. The Morgan fingerprint density at radius 3 is 2.80 bits per heavy atom. The number of aldehydes is 1. The van der Waals surface area contributed by atoms with Crippen molar-refractivity contribution in [1.29, 1.82) is 0 Å². The normalized spacial score (nSPS) is 17.3. The van der Waals surface area contributed by atoms with Gasteiger partial charge in [-0.1, -0.05) is 0 Å². The molecule has 78 valence electrons. The van der Waals surface area contributed by atoms with Crippen LogP contribution >= 0.6 is 0 Å². The van der Waals surface area contributed by atoms with Crippen molar-refractivity contribution in [2.24, 2.45) is 0 Å². The van der Waals surface area contributed by atoms with Crippen molar-refractivity contribution in [3.63, 3.8) is 0 Å².